The van der Waals surface area contributed by atoms with Crippen LogP contribution in [-0.4, -0.2) is 48.0 Å². The Bertz CT molecular complexity index is 981. The van der Waals surface area contributed by atoms with Gasteiger partial charge in [0.05, 0.1) is 23.0 Å². The summed E-state index contributed by atoms with van der Waals surface area (Å²) in [6.07, 6.45) is 6.55. The van der Waals surface area contributed by atoms with E-state index in [0.29, 0.717) is 18.9 Å². The molecular formula is C19H25N5O2S. The van der Waals surface area contributed by atoms with Crippen LogP contribution in [0.4, 0.5) is 5.82 Å². The number of aromatic nitrogens is 3. The summed E-state index contributed by atoms with van der Waals surface area (Å²) >= 11 is 0. The molecule has 0 bridgehead atoms. The van der Waals surface area contributed by atoms with Gasteiger partial charge in [-0.15, -0.1) is 0 Å². The van der Waals surface area contributed by atoms with Gasteiger partial charge in [0.15, 0.2) is 9.84 Å². The molecule has 0 amide bonds. The van der Waals surface area contributed by atoms with E-state index in [4.69, 9.17) is 5.26 Å². The minimum atomic E-state index is -3.09. The summed E-state index contributed by atoms with van der Waals surface area (Å²) in [6.45, 7) is 1.99. The van der Waals surface area contributed by atoms with Crippen molar-refractivity contribution in [3.63, 3.8) is 0 Å². The Kier molecular flexibility index (Phi) is 4.38. The standard InChI is InChI=1S/C19H25N5O2S/c1-19(7-14(8-19)9-20)11-27(25,26)10-13-5-15(6-13)24(2)18-16-3-4-21-17(16)22-12-23-18/h3-4,12-15H,5-8,10-11H2,1-2H3,(H,21,22,23). The molecule has 7 nitrogen and oxygen atoms in total. The van der Waals surface area contributed by atoms with E-state index in [0.717, 1.165) is 29.7 Å². The Morgan fingerprint density at radius 3 is 2.81 bits per heavy atom. The van der Waals surface area contributed by atoms with Crippen LogP contribution in [0.1, 0.15) is 32.6 Å². The molecule has 1 N–H and O–H groups in total. The van der Waals surface area contributed by atoms with E-state index in [1.165, 1.54) is 0 Å². The number of nitrogens with zero attached hydrogens (tertiary/aromatic N) is 4. The van der Waals surface area contributed by atoms with Crippen molar-refractivity contribution in [1.29, 1.82) is 5.26 Å². The Morgan fingerprint density at radius 2 is 2.11 bits per heavy atom. The molecule has 0 aliphatic heterocycles. The van der Waals surface area contributed by atoms with Gasteiger partial charge in [-0.1, -0.05) is 6.92 Å². The number of anilines is 1. The highest BCUT2D eigenvalue weighted by Crippen LogP contribution is 2.46. The van der Waals surface area contributed by atoms with E-state index in [2.05, 4.69) is 25.9 Å². The van der Waals surface area contributed by atoms with Gasteiger partial charge < -0.3 is 9.88 Å². The number of rotatable bonds is 6. The molecule has 0 unspecified atom stereocenters. The molecule has 2 aromatic heterocycles. The molecule has 2 fully saturated rings. The van der Waals surface area contributed by atoms with Gasteiger partial charge >= 0.3 is 0 Å². The second-order valence-electron chi connectivity index (χ2n) is 8.64. The van der Waals surface area contributed by atoms with Crippen LogP contribution in [0.5, 0.6) is 0 Å². The summed E-state index contributed by atoms with van der Waals surface area (Å²) in [6, 6.07) is 4.51. The zero-order valence-electron chi connectivity index (χ0n) is 15.7. The third-order valence-electron chi connectivity index (χ3n) is 6.14. The van der Waals surface area contributed by atoms with Gasteiger partial charge in [-0.05, 0) is 43.1 Å². The number of fused-ring (bicyclic) bond motifs is 1. The van der Waals surface area contributed by atoms with Gasteiger partial charge in [-0.3, -0.25) is 0 Å². The van der Waals surface area contributed by atoms with E-state index in [1.54, 1.807) is 6.33 Å². The molecule has 8 heteroatoms. The molecule has 27 heavy (non-hydrogen) atoms. The third kappa shape index (κ3) is 3.53. The molecule has 144 valence electrons. The first-order valence-corrected chi connectivity index (χ1v) is 11.2. The zero-order valence-corrected chi connectivity index (χ0v) is 16.5. The minimum Gasteiger partial charge on any atom is -0.356 e. The molecule has 2 aromatic rings. The number of aromatic amines is 1. The Hall–Kier alpha value is -2.14. The molecule has 4 rings (SSSR count). The number of hydrogen-bond donors (Lipinski definition) is 1. The molecule has 0 radical (unpaired) electrons. The zero-order chi connectivity index (χ0) is 19.2. The summed E-state index contributed by atoms with van der Waals surface area (Å²) in [7, 11) is -1.07. The van der Waals surface area contributed by atoms with Gasteiger partial charge in [-0.2, -0.15) is 5.26 Å². The van der Waals surface area contributed by atoms with Gasteiger partial charge in [0.2, 0.25) is 0 Å². The van der Waals surface area contributed by atoms with E-state index in [1.807, 2.05) is 26.2 Å². The van der Waals surface area contributed by atoms with Crippen LogP contribution in [0, 0.1) is 28.6 Å². The van der Waals surface area contributed by atoms with E-state index >= 15 is 0 Å². The van der Waals surface area contributed by atoms with Crippen molar-refractivity contribution in [2.45, 2.75) is 38.6 Å². The lowest BCUT2D eigenvalue weighted by Crippen LogP contribution is -2.47. The van der Waals surface area contributed by atoms with E-state index in [9.17, 15) is 8.42 Å². The summed E-state index contributed by atoms with van der Waals surface area (Å²) in [5, 5.41) is 9.91. The predicted molar refractivity (Wildman–Crippen MR) is 104 cm³/mol. The van der Waals surface area contributed by atoms with Crippen molar-refractivity contribution in [3.8, 4) is 6.07 Å². The Morgan fingerprint density at radius 1 is 1.37 bits per heavy atom. The molecule has 0 aromatic carbocycles. The quantitative estimate of drug-likeness (QED) is 0.817. The second kappa shape index (κ2) is 6.48. The van der Waals surface area contributed by atoms with Gasteiger partial charge in [0.1, 0.15) is 17.8 Å². The highest BCUT2D eigenvalue weighted by molar-refractivity contribution is 7.91. The first-order valence-electron chi connectivity index (χ1n) is 9.39. The largest absolute Gasteiger partial charge is 0.356 e. The first kappa shape index (κ1) is 18.2. The fraction of sp³-hybridized carbons (Fsp3) is 0.632. The van der Waals surface area contributed by atoms with Gasteiger partial charge in [-0.25, -0.2) is 18.4 Å². The first-order chi connectivity index (χ1) is 12.8. The molecule has 0 saturated heterocycles. The van der Waals surface area contributed by atoms with Crippen molar-refractivity contribution in [1.82, 2.24) is 15.0 Å². The van der Waals surface area contributed by atoms with Crippen LogP contribution in [-0.2, 0) is 9.84 Å². The third-order valence-corrected chi connectivity index (χ3v) is 8.26. The summed E-state index contributed by atoms with van der Waals surface area (Å²) in [5.41, 5.74) is 0.606. The van der Waals surface area contributed by atoms with Crippen molar-refractivity contribution in [2.24, 2.45) is 17.3 Å². The normalized spacial score (nSPS) is 30.3. The second-order valence-corrected chi connectivity index (χ2v) is 10.7. The van der Waals surface area contributed by atoms with Crippen molar-refractivity contribution < 1.29 is 8.42 Å². The predicted octanol–water partition coefficient (Wildman–Crippen LogP) is 2.53. The maximum Gasteiger partial charge on any atom is 0.151 e. The highest BCUT2D eigenvalue weighted by Gasteiger charge is 2.44. The highest BCUT2D eigenvalue weighted by atomic mass is 32.2. The average Bonchev–Trinajstić information content (AvgIpc) is 3.03. The van der Waals surface area contributed by atoms with Crippen LogP contribution >= 0.6 is 0 Å². The Labute approximate surface area is 159 Å². The lowest BCUT2D eigenvalue weighted by molar-refractivity contribution is 0.139. The lowest BCUT2D eigenvalue weighted by Gasteiger charge is -2.44. The van der Waals surface area contributed by atoms with Crippen LogP contribution in [0.15, 0.2) is 18.6 Å². The molecule has 2 aliphatic carbocycles. The Balaban J connectivity index is 1.33. The minimum absolute atomic E-state index is 0.0325. The number of hydrogen-bond acceptors (Lipinski definition) is 6. The van der Waals surface area contributed by atoms with E-state index in [-0.39, 0.29) is 28.8 Å². The maximum absolute atomic E-state index is 12.6. The smallest absolute Gasteiger partial charge is 0.151 e. The number of H-pyrrole nitrogens is 1. The van der Waals surface area contributed by atoms with Crippen LogP contribution in [0.25, 0.3) is 11.0 Å². The molecule has 0 atom stereocenters. The van der Waals surface area contributed by atoms with Gasteiger partial charge in [0, 0.05) is 25.2 Å². The average molecular weight is 388 g/mol. The number of sulfone groups is 1. The number of nitrogens with one attached hydrogen (secondary N) is 1. The molecule has 2 aliphatic rings. The molecule has 2 saturated carbocycles. The fourth-order valence-corrected chi connectivity index (χ4v) is 7.16. The number of nitriles is 1. The molecule has 0 spiro atoms. The van der Waals surface area contributed by atoms with Crippen LogP contribution in [0.3, 0.4) is 0 Å². The summed E-state index contributed by atoms with van der Waals surface area (Å²) in [5.74, 6) is 1.60. The lowest BCUT2D eigenvalue weighted by atomic mass is 9.65. The molecule has 2 heterocycles. The summed E-state index contributed by atoms with van der Waals surface area (Å²) < 4.78 is 25.2. The van der Waals surface area contributed by atoms with Crippen molar-refractivity contribution in [3.05, 3.63) is 18.6 Å². The fourth-order valence-electron chi connectivity index (χ4n) is 4.75. The van der Waals surface area contributed by atoms with Crippen molar-refractivity contribution in [2.75, 3.05) is 23.5 Å². The molecular weight excluding hydrogens is 362 g/mol. The van der Waals surface area contributed by atoms with Crippen LogP contribution < -0.4 is 4.90 Å². The van der Waals surface area contributed by atoms with Crippen LogP contribution in [0.2, 0.25) is 0 Å². The summed E-state index contributed by atoms with van der Waals surface area (Å²) in [4.78, 5) is 13.9. The SMILES string of the molecule is CN(c1ncnc2[nH]ccc12)C1CC(CS(=O)(=O)CC2(C)CC(C#N)C2)C1. The van der Waals surface area contributed by atoms with Gasteiger partial charge in [0.25, 0.3) is 0 Å². The topological polar surface area (TPSA) is 103 Å². The monoisotopic (exact) mass is 387 g/mol. The van der Waals surface area contributed by atoms with Crippen molar-refractivity contribution >= 4 is 26.7 Å². The maximum atomic E-state index is 12.6. The van der Waals surface area contributed by atoms with E-state index < -0.39 is 9.84 Å².